The van der Waals surface area contributed by atoms with Crippen molar-refractivity contribution < 1.29 is 9.53 Å². The van der Waals surface area contributed by atoms with Gasteiger partial charge in [0.25, 0.3) is 0 Å². The van der Waals surface area contributed by atoms with Crippen LogP contribution in [0.2, 0.25) is 0 Å². The minimum Gasteiger partial charge on any atom is -0.376 e. The molecule has 6 nitrogen and oxygen atoms in total. The summed E-state index contributed by atoms with van der Waals surface area (Å²) in [6.07, 6.45) is 5.45. The average molecular weight is 334 g/mol. The van der Waals surface area contributed by atoms with E-state index in [-0.39, 0.29) is 11.5 Å². The molecule has 0 spiro atoms. The Hall–Kier alpha value is -1.43. The highest BCUT2D eigenvalue weighted by Crippen LogP contribution is 2.33. The predicted octanol–water partition coefficient (Wildman–Crippen LogP) is 2.77. The van der Waals surface area contributed by atoms with Gasteiger partial charge in [0.05, 0.1) is 5.60 Å². The number of piperidine rings is 1. The second-order valence-electron chi connectivity index (χ2n) is 8.09. The monoisotopic (exact) mass is 334 g/mol. The van der Waals surface area contributed by atoms with Crippen molar-refractivity contribution in [1.82, 2.24) is 19.7 Å². The number of aromatic nitrogens is 3. The van der Waals surface area contributed by atoms with Crippen molar-refractivity contribution >= 4 is 5.91 Å². The maximum Gasteiger partial charge on any atom is 0.225 e. The van der Waals surface area contributed by atoms with E-state index >= 15 is 0 Å². The molecular formula is C18H30N4O2. The summed E-state index contributed by atoms with van der Waals surface area (Å²) >= 11 is 0. The van der Waals surface area contributed by atoms with Crippen LogP contribution in [0.3, 0.4) is 0 Å². The number of hydrogen-bond donors (Lipinski definition) is 0. The van der Waals surface area contributed by atoms with Gasteiger partial charge < -0.3 is 14.2 Å². The van der Waals surface area contributed by atoms with E-state index in [1.54, 1.807) is 0 Å². The Balaban J connectivity index is 1.59. The van der Waals surface area contributed by atoms with Gasteiger partial charge in [-0.05, 0) is 53.4 Å². The van der Waals surface area contributed by atoms with Gasteiger partial charge in [-0.1, -0.05) is 0 Å². The zero-order valence-electron chi connectivity index (χ0n) is 15.4. The Morgan fingerprint density at radius 3 is 2.62 bits per heavy atom. The highest BCUT2D eigenvalue weighted by Gasteiger charge is 2.36. The molecule has 6 heteroatoms. The van der Waals surface area contributed by atoms with Crippen LogP contribution in [0.25, 0.3) is 0 Å². The fourth-order valence-electron chi connectivity index (χ4n) is 4.00. The molecule has 1 atom stereocenters. The molecule has 3 heterocycles. The van der Waals surface area contributed by atoms with Gasteiger partial charge in [-0.3, -0.25) is 4.79 Å². The number of likely N-dealkylation sites (tertiary alicyclic amines) is 1. The van der Waals surface area contributed by atoms with E-state index in [1.807, 2.05) is 6.33 Å². The Labute approximate surface area is 144 Å². The highest BCUT2D eigenvalue weighted by atomic mass is 16.5. The number of amides is 1. The molecule has 2 aliphatic rings. The van der Waals surface area contributed by atoms with Crippen molar-refractivity contribution in [1.29, 1.82) is 0 Å². The van der Waals surface area contributed by atoms with Crippen molar-refractivity contribution in [3.05, 3.63) is 12.2 Å². The largest absolute Gasteiger partial charge is 0.376 e. The van der Waals surface area contributed by atoms with Crippen LogP contribution in [0.5, 0.6) is 0 Å². The van der Waals surface area contributed by atoms with Gasteiger partial charge in [0.2, 0.25) is 5.91 Å². The summed E-state index contributed by atoms with van der Waals surface area (Å²) in [5.41, 5.74) is -0.176. The molecule has 1 unspecified atom stereocenters. The summed E-state index contributed by atoms with van der Waals surface area (Å²) in [6.45, 7) is 10.8. The second kappa shape index (κ2) is 6.82. The van der Waals surface area contributed by atoms with Gasteiger partial charge >= 0.3 is 0 Å². The Kier molecular flexibility index (Phi) is 4.95. The van der Waals surface area contributed by atoms with Crippen molar-refractivity contribution in [3.8, 4) is 0 Å². The summed E-state index contributed by atoms with van der Waals surface area (Å²) in [5, 5.41) is 8.41. The fraction of sp³-hybridized carbons (Fsp3) is 0.833. The Bertz CT molecular complexity index is 573. The summed E-state index contributed by atoms with van der Waals surface area (Å²) in [6, 6.07) is 0.374. The molecule has 3 rings (SSSR count). The van der Waals surface area contributed by atoms with Crippen molar-refractivity contribution in [2.75, 3.05) is 19.7 Å². The second-order valence-corrected chi connectivity index (χ2v) is 8.09. The van der Waals surface area contributed by atoms with E-state index in [2.05, 4.69) is 47.4 Å². The molecule has 0 aromatic carbocycles. The van der Waals surface area contributed by atoms with Crippen LogP contribution in [0.1, 0.15) is 71.2 Å². The molecule has 2 aliphatic heterocycles. The Morgan fingerprint density at radius 2 is 2.00 bits per heavy atom. The predicted molar refractivity (Wildman–Crippen MR) is 91.7 cm³/mol. The summed E-state index contributed by atoms with van der Waals surface area (Å²) in [4.78, 5) is 14.9. The molecule has 1 aromatic rings. The highest BCUT2D eigenvalue weighted by molar-refractivity contribution is 5.79. The van der Waals surface area contributed by atoms with Crippen LogP contribution in [0.4, 0.5) is 0 Å². The van der Waals surface area contributed by atoms with E-state index in [4.69, 9.17) is 4.74 Å². The number of nitrogens with zero attached hydrogens (tertiary/aromatic N) is 4. The third kappa shape index (κ3) is 3.63. The SMILES string of the molecule is CC(C)n1cnnc1C1CCN(C(=O)C2CCOC(C)(C)C2)CC1. The van der Waals surface area contributed by atoms with Gasteiger partial charge in [-0.25, -0.2) is 0 Å². The minimum atomic E-state index is -0.176. The average Bonchev–Trinajstić information content (AvgIpc) is 3.03. The standard InChI is InChI=1S/C18H30N4O2/c1-13(2)22-12-19-20-16(22)14-5-8-21(9-6-14)17(23)15-7-10-24-18(3,4)11-15/h12-15H,5-11H2,1-4H3. The zero-order chi connectivity index (χ0) is 17.3. The molecule has 2 fully saturated rings. The summed E-state index contributed by atoms with van der Waals surface area (Å²) in [5.74, 6) is 1.91. The third-order valence-corrected chi connectivity index (χ3v) is 5.38. The van der Waals surface area contributed by atoms with E-state index in [9.17, 15) is 4.79 Å². The number of ether oxygens (including phenoxy) is 1. The lowest BCUT2D eigenvalue weighted by Crippen LogP contribution is -2.46. The van der Waals surface area contributed by atoms with Crippen molar-refractivity contribution in [2.45, 2.75) is 70.9 Å². The number of hydrogen-bond acceptors (Lipinski definition) is 4. The molecule has 0 N–H and O–H groups in total. The molecule has 1 aromatic heterocycles. The quantitative estimate of drug-likeness (QED) is 0.853. The fourth-order valence-corrected chi connectivity index (χ4v) is 4.00. The molecular weight excluding hydrogens is 304 g/mol. The molecule has 0 radical (unpaired) electrons. The lowest BCUT2D eigenvalue weighted by atomic mass is 9.86. The topological polar surface area (TPSA) is 60.2 Å². The molecule has 0 bridgehead atoms. The van der Waals surface area contributed by atoms with Crippen LogP contribution >= 0.6 is 0 Å². The van der Waals surface area contributed by atoms with Crippen LogP contribution in [-0.4, -0.2) is 50.9 Å². The van der Waals surface area contributed by atoms with Crippen molar-refractivity contribution in [3.63, 3.8) is 0 Å². The maximum atomic E-state index is 12.8. The normalized spacial score (nSPS) is 25.2. The molecule has 2 saturated heterocycles. The number of carbonyl (C=O) groups is 1. The van der Waals surface area contributed by atoms with E-state index in [0.29, 0.717) is 24.5 Å². The molecule has 0 saturated carbocycles. The third-order valence-electron chi connectivity index (χ3n) is 5.38. The smallest absolute Gasteiger partial charge is 0.225 e. The number of carbonyl (C=O) groups excluding carboxylic acids is 1. The van der Waals surface area contributed by atoms with Crippen LogP contribution < -0.4 is 0 Å². The zero-order valence-corrected chi connectivity index (χ0v) is 15.4. The lowest BCUT2D eigenvalue weighted by Gasteiger charge is -2.39. The molecule has 24 heavy (non-hydrogen) atoms. The first kappa shape index (κ1) is 17.4. The van der Waals surface area contributed by atoms with Gasteiger partial charge in [0.15, 0.2) is 0 Å². The summed E-state index contributed by atoms with van der Waals surface area (Å²) in [7, 11) is 0. The van der Waals surface area contributed by atoms with E-state index in [0.717, 1.165) is 44.6 Å². The van der Waals surface area contributed by atoms with Crippen molar-refractivity contribution in [2.24, 2.45) is 5.92 Å². The first-order valence-corrected chi connectivity index (χ1v) is 9.19. The summed E-state index contributed by atoms with van der Waals surface area (Å²) < 4.78 is 7.90. The van der Waals surface area contributed by atoms with Crippen LogP contribution in [0.15, 0.2) is 6.33 Å². The maximum absolute atomic E-state index is 12.8. The lowest BCUT2D eigenvalue weighted by molar-refractivity contribution is -0.146. The minimum absolute atomic E-state index is 0.115. The molecule has 0 aliphatic carbocycles. The van der Waals surface area contributed by atoms with Crippen LogP contribution in [-0.2, 0) is 9.53 Å². The first-order valence-electron chi connectivity index (χ1n) is 9.19. The van der Waals surface area contributed by atoms with E-state index in [1.165, 1.54) is 0 Å². The molecule has 1 amide bonds. The van der Waals surface area contributed by atoms with Gasteiger partial charge in [-0.2, -0.15) is 0 Å². The Morgan fingerprint density at radius 1 is 1.29 bits per heavy atom. The van der Waals surface area contributed by atoms with Gasteiger partial charge in [0.1, 0.15) is 12.2 Å². The van der Waals surface area contributed by atoms with E-state index < -0.39 is 0 Å². The van der Waals surface area contributed by atoms with Crippen LogP contribution in [0, 0.1) is 5.92 Å². The first-order chi connectivity index (χ1) is 11.4. The molecule has 134 valence electrons. The number of rotatable bonds is 3. The van der Waals surface area contributed by atoms with Gasteiger partial charge in [0, 0.05) is 37.6 Å². The van der Waals surface area contributed by atoms with Gasteiger partial charge in [-0.15, -0.1) is 10.2 Å².